The molecule has 3 aromatic rings. The molecule has 2 N–H and O–H groups in total. The van der Waals surface area contributed by atoms with Gasteiger partial charge in [-0.05, 0) is 48.4 Å². The van der Waals surface area contributed by atoms with E-state index in [4.69, 9.17) is 9.26 Å². The minimum absolute atomic E-state index is 0.0324. The van der Waals surface area contributed by atoms with Gasteiger partial charge in [-0.3, -0.25) is 20.4 Å². The normalized spacial score (nSPS) is 10.5. The number of amides is 2. The van der Waals surface area contributed by atoms with Crippen LogP contribution in [0.3, 0.4) is 0 Å². The van der Waals surface area contributed by atoms with Crippen LogP contribution in [-0.4, -0.2) is 28.6 Å². The number of aryl methyl sites for hydroxylation is 2. The Balaban J connectivity index is 1.37. The second-order valence-electron chi connectivity index (χ2n) is 6.40. The molecule has 0 aliphatic carbocycles. The molecule has 2 aromatic carbocycles. The molecule has 0 radical (unpaired) electrons. The lowest BCUT2D eigenvalue weighted by Crippen LogP contribution is -2.43. The molecule has 0 aliphatic heterocycles. The van der Waals surface area contributed by atoms with Crippen LogP contribution in [0, 0.1) is 5.82 Å². The molecule has 0 spiro atoms. The quantitative estimate of drug-likeness (QED) is 0.551. The predicted octanol–water partition coefficient (Wildman–Crippen LogP) is 2.60. The fourth-order valence-corrected chi connectivity index (χ4v) is 2.50. The van der Waals surface area contributed by atoms with Gasteiger partial charge in [0.25, 0.3) is 5.91 Å². The number of hydrogen-bond donors (Lipinski definition) is 2. The zero-order valence-electron chi connectivity index (χ0n) is 16.4. The van der Waals surface area contributed by atoms with Crippen molar-refractivity contribution in [1.29, 1.82) is 0 Å². The monoisotopic (exact) mass is 412 g/mol. The van der Waals surface area contributed by atoms with Crippen molar-refractivity contribution in [3.05, 3.63) is 65.8 Å². The average Bonchev–Trinajstić information content (AvgIpc) is 3.24. The smallest absolute Gasteiger partial charge is 0.276 e. The van der Waals surface area contributed by atoms with Crippen LogP contribution in [0.1, 0.15) is 24.8 Å². The van der Waals surface area contributed by atoms with Crippen molar-refractivity contribution >= 4 is 11.8 Å². The Morgan fingerprint density at radius 1 is 1.03 bits per heavy atom. The minimum atomic E-state index is -0.487. The first-order valence-electron chi connectivity index (χ1n) is 9.41. The van der Waals surface area contributed by atoms with Crippen molar-refractivity contribution in [2.24, 2.45) is 0 Å². The van der Waals surface area contributed by atoms with Crippen LogP contribution in [0.2, 0.25) is 0 Å². The van der Waals surface area contributed by atoms with E-state index in [0.717, 1.165) is 6.42 Å². The van der Waals surface area contributed by atoms with Crippen molar-refractivity contribution in [3.63, 3.8) is 0 Å². The fourth-order valence-electron chi connectivity index (χ4n) is 2.50. The third-order valence-corrected chi connectivity index (χ3v) is 4.18. The highest BCUT2D eigenvalue weighted by atomic mass is 19.1. The molecule has 30 heavy (non-hydrogen) atoms. The van der Waals surface area contributed by atoms with E-state index in [1.165, 1.54) is 29.8 Å². The van der Waals surface area contributed by atoms with Crippen LogP contribution in [0.5, 0.6) is 5.75 Å². The third-order valence-electron chi connectivity index (χ3n) is 4.18. The molecule has 0 unspecified atom stereocenters. The largest absolute Gasteiger partial charge is 0.484 e. The van der Waals surface area contributed by atoms with Crippen molar-refractivity contribution in [3.8, 4) is 17.1 Å². The zero-order chi connectivity index (χ0) is 21.3. The van der Waals surface area contributed by atoms with Gasteiger partial charge in [0.1, 0.15) is 11.6 Å². The molecule has 0 saturated carbocycles. The molecule has 1 heterocycles. The Morgan fingerprint density at radius 3 is 2.43 bits per heavy atom. The van der Waals surface area contributed by atoms with Crippen LogP contribution in [-0.2, 0) is 22.4 Å². The second kappa shape index (κ2) is 10.1. The molecule has 3 rings (SSSR count). The maximum absolute atomic E-state index is 13.0. The first-order chi connectivity index (χ1) is 14.5. The van der Waals surface area contributed by atoms with Crippen LogP contribution < -0.4 is 15.6 Å². The summed E-state index contributed by atoms with van der Waals surface area (Å²) in [6.07, 6.45) is 1.14. The molecule has 0 atom stereocenters. The summed E-state index contributed by atoms with van der Waals surface area (Å²) < 4.78 is 23.4. The molecule has 156 valence electrons. The van der Waals surface area contributed by atoms with Gasteiger partial charge in [0, 0.05) is 18.4 Å². The second-order valence-corrected chi connectivity index (χ2v) is 6.40. The van der Waals surface area contributed by atoms with E-state index in [-0.39, 0.29) is 31.2 Å². The summed E-state index contributed by atoms with van der Waals surface area (Å²) in [5.74, 6) is -0.128. The van der Waals surface area contributed by atoms with E-state index in [2.05, 4.69) is 27.9 Å². The molecule has 0 fully saturated rings. The van der Waals surface area contributed by atoms with Gasteiger partial charge in [0.2, 0.25) is 17.6 Å². The van der Waals surface area contributed by atoms with E-state index in [9.17, 15) is 14.0 Å². The molecular formula is C21H21FN4O4. The standard InChI is InChI=1S/C21H21FN4O4/c1-2-14-3-9-17(10-4-14)29-13-19(28)25-24-18(27)11-12-20-23-21(26-30-20)15-5-7-16(22)8-6-15/h3-10H,2,11-13H2,1H3,(H,24,27)(H,25,28). The summed E-state index contributed by atoms with van der Waals surface area (Å²) in [5, 5.41) is 3.81. The van der Waals surface area contributed by atoms with Crippen LogP contribution in [0.4, 0.5) is 4.39 Å². The van der Waals surface area contributed by atoms with Crippen LogP contribution in [0.25, 0.3) is 11.4 Å². The van der Waals surface area contributed by atoms with Gasteiger partial charge in [-0.1, -0.05) is 24.2 Å². The van der Waals surface area contributed by atoms with Gasteiger partial charge in [0.05, 0.1) is 0 Å². The Morgan fingerprint density at radius 2 is 1.73 bits per heavy atom. The number of benzene rings is 2. The number of ether oxygens (including phenoxy) is 1. The fraction of sp³-hybridized carbons (Fsp3) is 0.238. The molecule has 1 aromatic heterocycles. The van der Waals surface area contributed by atoms with Gasteiger partial charge in [-0.2, -0.15) is 4.98 Å². The highest BCUT2D eigenvalue weighted by molar-refractivity contribution is 5.82. The van der Waals surface area contributed by atoms with Crippen LogP contribution in [0.15, 0.2) is 53.1 Å². The number of nitrogens with zero attached hydrogens (tertiary/aromatic N) is 2. The molecule has 9 heteroatoms. The number of aromatic nitrogens is 2. The Hall–Kier alpha value is -3.75. The maximum Gasteiger partial charge on any atom is 0.276 e. The number of carbonyl (C=O) groups is 2. The summed E-state index contributed by atoms with van der Waals surface area (Å²) in [5.41, 5.74) is 6.36. The maximum atomic E-state index is 13.0. The van der Waals surface area contributed by atoms with Gasteiger partial charge in [0.15, 0.2) is 6.61 Å². The lowest BCUT2D eigenvalue weighted by atomic mass is 10.2. The lowest BCUT2D eigenvalue weighted by Gasteiger charge is -2.08. The van der Waals surface area contributed by atoms with E-state index < -0.39 is 11.8 Å². The summed E-state index contributed by atoms with van der Waals surface area (Å²) in [7, 11) is 0. The zero-order valence-corrected chi connectivity index (χ0v) is 16.4. The SMILES string of the molecule is CCc1ccc(OCC(=O)NNC(=O)CCc2nc(-c3ccc(F)cc3)no2)cc1. The van der Waals surface area contributed by atoms with Crippen molar-refractivity contribution in [1.82, 2.24) is 21.0 Å². The van der Waals surface area contributed by atoms with Crippen molar-refractivity contribution < 1.29 is 23.2 Å². The van der Waals surface area contributed by atoms with Gasteiger partial charge >= 0.3 is 0 Å². The topological polar surface area (TPSA) is 106 Å². The number of hydrazine groups is 1. The number of rotatable bonds is 8. The first kappa shape index (κ1) is 21.0. The van der Waals surface area contributed by atoms with Gasteiger partial charge in [-0.15, -0.1) is 0 Å². The highest BCUT2D eigenvalue weighted by Gasteiger charge is 2.11. The number of carbonyl (C=O) groups excluding carboxylic acids is 2. The highest BCUT2D eigenvalue weighted by Crippen LogP contribution is 2.16. The summed E-state index contributed by atoms with van der Waals surface area (Å²) in [6, 6.07) is 13.1. The molecule has 0 saturated heterocycles. The Bertz CT molecular complexity index is 987. The first-order valence-corrected chi connectivity index (χ1v) is 9.41. The number of halogens is 1. The van der Waals surface area contributed by atoms with E-state index >= 15 is 0 Å². The van der Waals surface area contributed by atoms with Crippen LogP contribution >= 0.6 is 0 Å². The lowest BCUT2D eigenvalue weighted by molar-refractivity contribution is -0.130. The molecule has 8 nitrogen and oxygen atoms in total. The summed E-state index contributed by atoms with van der Waals surface area (Å²) in [4.78, 5) is 27.8. The van der Waals surface area contributed by atoms with Gasteiger partial charge < -0.3 is 9.26 Å². The Labute approximate surface area is 172 Å². The van der Waals surface area contributed by atoms with Gasteiger partial charge in [-0.25, -0.2) is 4.39 Å². The number of hydrogen-bond acceptors (Lipinski definition) is 6. The predicted molar refractivity (Wildman–Crippen MR) is 106 cm³/mol. The summed E-state index contributed by atoms with van der Waals surface area (Å²) in [6.45, 7) is 1.82. The van der Waals surface area contributed by atoms with E-state index in [1.54, 1.807) is 12.1 Å². The average molecular weight is 412 g/mol. The molecule has 0 aliphatic rings. The van der Waals surface area contributed by atoms with Crippen molar-refractivity contribution in [2.45, 2.75) is 26.2 Å². The summed E-state index contributed by atoms with van der Waals surface area (Å²) >= 11 is 0. The molecular weight excluding hydrogens is 391 g/mol. The number of nitrogens with one attached hydrogen (secondary N) is 2. The third kappa shape index (κ3) is 6.13. The van der Waals surface area contributed by atoms with E-state index in [0.29, 0.717) is 17.1 Å². The van der Waals surface area contributed by atoms with E-state index in [1.807, 2.05) is 12.1 Å². The molecule has 0 bridgehead atoms. The Kier molecular flexibility index (Phi) is 7.09. The van der Waals surface area contributed by atoms with Crippen molar-refractivity contribution in [2.75, 3.05) is 6.61 Å². The minimum Gasteiger partial charge on any atom is -0.484 e. The molecule has 2 amide bonds.